The molecule has 0 spiro atoms. The largest absolute Gasteiger partial charge is 0.493 e. The molecule has 1 amide bonds. The van der Waals surface area contributed by atoms with Crippen molar-refractivity contribution in [3.05, 3.63) is 95.1 Å². The number of carbonyl (C=O) groups is 1. The third kappa shape index (κ3) is 4.66. The number of methoxy groups -OCH3 is 1. The van der Waals surface area contributed by atoms with Crippen LogP contribution in [0.25, 0.3) is 0 Å². The van der Waals surface area contributed by atoms with Crippen molar-refractivity contribution in [2.24, 2.45) is 0 Å². The SMILES string of the molecule is COc1cc(C2SCC(=O)N2Cc2c(F)cccc2F)ccc1OCc1ccccc1. The Bertz CT molecular complexity index is 1060. The van der Waals surface area contributed by atoms with Crippen LogP contribution >= 0.6 is 11.8 Å². The lowest BCUT2D eigenvalue weighted by atomic mass is 10.1. The lowest BCUT2D eigenvalue weighted by Gasteiger charge is -2.25. The number of ether oxygens (including phenoxy) is 2. The van der Waals surface area contributed by atoms with E-state index < -0.39 is 11.6 Å². The predicted octanol–water partition coefficient (Wildman–Crippen LogP) is 5.33. The van der Waals surface area contributed by atoms with Crippen molar-refractivity contribution in [1.82, 2.24) is 4.90 Å². The molecular formula is C24H21F2NO3S. The highest BCUT2D eigenvalue weighted by Crippen LogP contribution is 2.42. The summed E-state index contributed by atoms with van der Waals surface area (Å²) in [5, 5.41) is -0.372. The first-order valence-electron chi connectivity index (χ1n) is 9.75. The number of nitrogens with zero attached hydrogens (tertiary/aromatic N) is 1. The normalized spacial score (nSPS) is 15.9. The van der Waals surface area contributed by atoms with Gasteiger partial charge >= 0.3 is 0 Å². The minimum absolute atomic E-state index is 0.113. The van der Waals surface area contributed by atoms with Gasteiger partial charge in [0.05, 0.1) is 19.4 Å². The molecule has 7 heteroatoms. The summed E-state index contributed by atoms with van der Waals surface area (Å²) in [4.78, 5) is 14.0. The van der Waals surface area contributed by atoms with Gasteiger partial charge < -0.3 is 14.4 Å². The van der Waals surface area contributed by atoms with E-state index in [2.05, 4.69) is 0 Å². The molecule has 1 heterocycles. The Morgan fingerprint density at radius 1 is 1.00 bits per heavy atom. The van der Waals surface area contributed by atoms with Gasteiger partial charge in [0.15, 0.2) is 11.5 Å². The number of hydrogen-bond donors (Lipinski definition) is 0. The summed E-state index contributed by atoms with van der Waals surface area (Å²) in [6.07, 6.45) is 0. The van der Waals surface area contributed by atoms with Crippen molar-refractivity contribution in [2.45, 2.75) is 18.5 Å². The summed E-state index contributed by atoms with van der Waals surface area (Å²) >= 11 is 1.41. The fraction of sp³-hybridized carbons (Fsp3) is 0.208. The number of benzene rings is 3. The molecule has 0 aromatic heterocycles. The molecule has 160 valence electrons. The maximum atomic E-state index is 14.1. The lowest BCUT2D eigenvalue weighted by molar-refractivity contribution is -0.128. The Balaban J connectivity index is 1.55. The van der Waals surface area contributed by atoms with Gasteiger partial charge in [0.2, 0.25) is 5.91 Å². The number of thioether (sulfide) groups is 1. The maximum Gasteiger partial charge on any atom is 0.234 e. The van der Waals surface area contributed by atoms with Crippen LogP contribution in [0.2, 0.25) is 0 Å². The van der Waals surface area contributed by atoms with Crippen LogP contribution in [0.4, 0.5) is 8.78 Å². The van der Waals surface area contributed by atoms with Crippen LogP contribution in [-0.2, 0) is 17.9 Å². The molecule has 1 atom stereocenters. The summed E-state index contributed by atoms with van der Waals surface area (Å²) in [7, 11) is 1.55. The highest BCUT2D eigenvalue weighted by molar-refractivity contribution is 8.00. The highest BCUT2D eigenvalue weighted by Gasteiger charge is 2.34. The van der Waals surface area contributed by atoms with Crippen LogP contribution in [0.3, 0.4) is 0 Å². The third-order valence-corrected chi connectivity index (χ3v) is 6.32. The average Bonchev–Trinajstić information content (AvgIpc) is 3.15. The van der Waals surface area contributed by atoms with Gasteiger partial charge in [-0.2, -0.15) is 0 Å². The number of rotatable bonds is 7. The molecule has 0 aliphatic carbocycles. The minimum atomic E-state index is -0.661. The number of halogens is 2. The van der Waals surface area contributed by atoms with Crippen LogP contribution < -0.4 is 9.47 Å². The zero-order chi connectivity index (χ0) is 21.8. The second-order valence-corrected chi connectivity index (χ2v) is 8.14. The monoisotopic (exact) mass is 441 g/mol. The van der Waals surface area contributed by atoms with E-state index in [0.717, 1.165) is 11.1 Å². The maximum absolute atomic E-state index is 14.1. The van der Waals surface area contributed by atoms with Crippen LogP contribution in [-0.4, -0.2) is 23.7 Å². The molecule has 3 aromatic rings. The van der Waals surface area contributed by atoms with E-state index in [-0.39, 0.29) is 29.1 Å². The average molecular weight is 441 g/mol. The zero-order valence-corrected chi connectivity index (χ0v) is 17.7. The second-order valence-electron chi connectivity index (χ2n) is 7.07. The molecule has 1 aliphatic rings. The number of carbonyl (C=O) groups excluding carboxylic acids is 1. The Labute approximate surface area is 183 Å². The summed E-state index contributed by atoms with van der Waals surface area (Å²) in [6, 6.07) is 18.9. The van der Waals surface area contributed by atoms with Gasteiger partial charge in [-0.1, -0.05) is 42.5 Å². The summed E-state index contributed by atoms with van der Waals surface area (Å²) in [6.45, 7) is 0.259. The van der Waals surface area contributed by atoms with Crippen LogP contribution in [0.1, 0.15) is 22.1 Å². The third-order valence-electron chi connectivity index (χ3n) is 5.07. The first kappa shape index (κ1) is 21.2. The van der Waals surface area contributed by atoms with Crippen molar-refractivity contribution in [3.8, 4) is 11.5 Å². The molecule has 1 fully saturated rings. The smallest absolute Gasteiger partial charge is 0.234 e. The molecular weight excluding hydrogens is 420 g/mol. The zero-order valence-electron chi connectivity index (χ0n) is 16.9. The van der Waals surface area contributed by atoms with Crippen molar-refractivity contribution >= 4 is 17.7 Å². The van der Waals surface area contributed by atoms with Gasteiger partial charge in [-0.15, -0.1) is 11.8 Å². The van der Waals surface area contributed by atoms with Gasteiger partial charge in [-0.3, -0.25) is 4.79 Å². The van der Waals surface area contributed by atoms with Gasteiger partial charge in [0.1, 0.15) is 23.6 Å². The van der Waals surface area contributed by atoms with E-state index in [0.29, 0.717) is 18.1 Å². The number of amides is 1. The van der Waals surface area contributed by atoms with E-state index in [9.17, 15) is 13.6 Å². The van der Waals surface area contributed by atoms with Crippen LogP contribution in [0.5, 0.6) is 11.5 Å². The van der Waals surface area contributed by atoms with E-state index in [1.807, 2.05) is 36.4 Å². The molecule has 31 heavy (non-hydrogen) atoms. The first-order valence-corrected chi connectivity index (χ1v) is 10.8. The molecule has 0 N–H and O–H groups in total. The van der Waals surface area contributed by atoms with Gasteiger partial charge in [-0.25, -0.2) is 8.78 Å². The van der Waals surface area contributed by atoms with Crippen molar-refractivity contribution < 1.29 is 23.0 Å². The fourth-order valence-corrected chi connectivity index (χ4v) is 4.62. The van der Waals surface area contributed by atoms with E-state index >= 15 is 0 Å². The van der Waals surface area contributed by atoms with Crippen molar-refractivity contribution in [2.75, 3.05) is 12.9 Å². The van der Waals surface area contributed by atoms with Crippen molar-refractivity contribution in [1.29, 1.82) is 0 Å². The molecule has 1 saturated heterocycles. The Hall–Kier alpha value is -3.06. The molecule has 4 nitrogen and oxygen atoms in total. The van der Waals surface area contributed by atoms with Crippen molar-refractivity contribution in [3.63, 3.8) is 0 Å². The Morgan fingerprint density at radius 2 is 1.74 bits per heavy atom. The molecule has 0 radical (unpaired) electrons. The molecule has 0 bridgehead atoms. The molecule has 4 rings (SSSR count). The first-order chi connectivity index (χ1) is 15.1. The Morgan fingerprint density at radius 3 is 2.45 bits per heavy atom. The number of hydrogen-bond acceptors (Lipinski definition) is 4. The summed E-state index contributed by atoms with van der Waals surface area (Å²) in [5.41, 5.74) is 1.72. The van der Waals surface area contributed by atoms with Crippen LogP contribution in [0, 0.1) is 11.6 Å². The van der Waals surface area contributed by atoms with Gasteiger partial charge in [0.25, 0.3) is 0 Å². The quantitative estimate of drug-likeness (QED) is 0.497. The van der Waals surface area contributed by atoms with Crippen LogP contribution in [0.15, 0.2) is 66.7 Å². The van der Waals surface area contributed by atoms with Gasteiger partial charge in [0, 0.05) is 5.56 Å². The molecule has 0 saturated carbocycles. The topological polar surface area (TPSA) is 38.8 Å². The standard InChI is InChI=1S/C24H21F2NO3S/c1-29-22-12-17(10-11-21(22)30-14-16-6-3-2-4-7-16)24-27(23(28)15-31-24)13-18-19(25)8-5-9-20(18)26/h2-12,24H,13-15H2,1H3. The lowest BCUT2D eigenvalue weighted by Crippen LogP contribution is -2.28. The minimum Gasteiger partial charge on any atom is -0.493 e. The predicted molar refractivity (Wildman–Crippen MR) is 116 cm³/mol. The second kappa shape index (κ2) is 9.39. The van der Waals surface area contributed by atoms with E-state index in [1.165, 1.54) is 34.9 Å². The van der Waals surface area contributed by atoms with E-state index in [4.69, 9.17) is 9.47 Å². The molecule has 1 aliphatic heterocycles. The molecule has 1 unspecified atom stereocenters. The summed E-state index contributed by atoms with van der Waals surface area (Å²) in [5.74, 6) is -0.131. The Kier molecular flexibility index (Phi) is 6.42. The van der Waals surface area contributed by atoms with E-state index in [1.54, 1.807) is 19.2 Å². The summed E-state index contributed by atoms with van der Waals surface area (Å²) < 4.78 is 39.7. The fourth-order valence-electron chi connectivity index (χ4n) is 3.45. The highest BCUT2D eigenvalue weighted by atomic mass is 32.2. The molecule has 3 aromatic carbocycles. The van der Waals surface area contributed by atoms with Gasteiger partial charge in [-0.05, 0) is 35.4 Å².